The summed E-state index contributed by atoms with van der Waals surface area (Å²) in [5.41, 5.74) is 0.437. The Morgan fingerprint density at radius 2 is 1.83 bits per heavy atom. The summed E-state index contributed by atoms with van der Waals surface area (Å²) < 4.78 is 13.2. The number of hydrogen-bond acceptors (Lipinski definition) is 4. The minimum Gasteiger partial charge on any atom is -0.340 e. The summed E-state index contributed by atoms with van der Waals surface area (Å²) in [4.78, 5) is 43.3. The molecule has 3 amide bonds. The van der Waals surface area contributed by atoms with Crippen molar-refractivity contribution >= 4 is 23.4 Å². The molecule has 4 rings (SSSR count). The van der Waals surface area contributed by atoms with Crippen molar-refractivity contribution < 1.29 is 18.8 Å². The van der Waals surface area contributed by atoms with Gasteiger partial charge in [0.15, 0.2) is 0 Å². The molecule has 2 saturated heterocycles. The summed E-state index contributed by atoms with van der Waals surface area (Å²) in [6.45, 7) is 3.08. The monoisotopic (exact) mass is 416 g/mol. The summed E-state index contributed by atoms with van der Waals surface area (Å²) in [6, 6.07) is 6.14. The van der Waals surface area contributed by atoms with Crippen molar-refractivity contribution in [2.75, 3.05) is 44.6 Å². The van der Waals surface area contributed by atoms with E-state index in [2.05, 4.69) is 5.32 Å². The molecule has 1 aromatic rings. The molecule has 162 valence electrons. The van der Waals surface area contributed by atoms with E-state index < -0.39 is 5.82 Å². The van der Waals surface area contributed by atoms with Gasteiger partial charge in [-0.2, -0.15) is 0 Å². The highest BCUT2D eigenvalue weighted by atomic mass is 19.1. The van der Waals surface area contributed by atoms with E-state index in [0.29, 0.717) is 50.9 Å². The van der Waals surface area contributed by atoms with Crippen LogP contribution in [0, 0.1) is 11.7 Å². The topological polar surface area (TPSA) is 73.0 Å². The zero-order chi connectivity index (χ0) is 21.1. The summed E-state index contributed by atoms with van der Waals surface area (Å²) in [6.07, 6.45) is 4.78. The molecular weight excluding hydrogens is 387 g/mol. The summed E-state index contributed by atoms with van der Waals surface area (Å²) >= 11 is 0. The molecule has 3 fully saturated rings. The van der Waals surface area contributed by atoms with E-state index in [9.17, 15) is 18.8 Å². The number of halogens is 1. The van der Waals surface area contributed by atoms with Crippen molar-refractivity contribution in [3.63, 3.8) is 0 Å². The fourth-order valence-corrected chi connectivity index (χ4v) is 4.82. The first-order chi connectivity index (χ1) is 14.5. The lowest BCUT2D eigenvalue weighted by molar-refractivity contribution is -0.137. The van der Waals surface area contributed by atoms with E-state index in [-0.39, 0.29) is 30.2 Å². The summed E-state index contributed by atoms with van der Waals surface area (Å²) in [7, 11) is 0. The first-order valence-electron chi connectivity index (χ1n) is 10.9. The smallest absolute Gasteiger partial charge is 0.238 e. The van der Waals surface area contributed by atoms with Crippen LogP contribution in [0.3, 0.4) is 0 Å². The van der Waals surface area contributed by atoms with E-state index in [1.807, 2.05) is 14.7 Å². The Labute approximate surface area is 176 Å². The number of piperazine rings is 1. The second-order valence-electron chi connectivity index (χ2n) is 8.55. The maximum absolute atomic E-state index is 13.2. The minimum atomic E-state index is -0.392. The van der Waals surface area contributed by atoms with Crippen LogP contribution in [0.15, 0.2) is 24.3 Å². The predicted octanol–water partition coefficient (Wildman–Crippen LogP) is 1.70. The fraction of sp³-hybridized carbons (Fsp3) is 0.591. The zero-order valence-corrected chi connectivity index (χ0v) is 17.2. The van der Waals surface area contributed by atoms with Gasteiger partial charge in [0.25, 0.3) is 0 Å². The number of anilines is 1. The molecule has 0 bridgehead atoms. The van der Waals surface area contributed by atoms with E-state index in [1.165, 1.54) is 25.0 Å². The van der Waals surface area contributed by atoms with Gasteiger partial charge < -0.3 is 15.1 Å². The van der Waals surface area contributed by atoms with Crippen molar-refractivity contribution in [2.45, 2.75) is 38.1 Å². The molecule has 2 aliphatic heterocycles. The SMILES string of the molecule is O=C(CN1CCN(C(=O)C2CC(=O)N(C3CCCC3)C2)CC1)Nc1cccc(F)c1. The minimum absolute atomic E-state index is 0.0627. The number of carbonyl (C=O) groups is 3. The second kappa shape index (κ2) is 9.12. The van der Waals surface area contributed by atoms with Gasteiger partial charge in [-0.15, -0.1) is 0 Å². The summed E-state index contributed by atoms with van der Waals surface area (Å²) in [5.74, 6) is -0.646. The quantitative estimate of drug-likeness (QED) is 0.793. The van der Waals surface area contributed by atoms with Crippen molar-refractivity contribution in [1.29, 1.82) is 0 Å². The van der Waals surface area contributed by atoms with Gasteiger partial charge in [0, 0.05) is 50.9 Å². The first kappa shape index (κ1) is 20.8. The Bertz CT molecular complexity index is 803. The van der Waals surface area contributed by atoms with Gasteiger partial charge in [-0.3, -0.25) is 19.3 Å². The molecule has 30 heavy (non-hydrogen) atoms. The Kier molecular flexibility index (Phi) is 6.32. The molecule has 0 radical (unpaired) electrons. The van der Waals surface area contributed by atoms with Gasteiger partial charge in [-0.05, 0) is 31.0 Å². The first-order valence-corrected chi connectivity index (χ1v) is 10.9. The molecule has 1 saturated carbocycles. The highest BCUT2D eigenvalue weighted by Crippen LogP contribution is 2.30. The molecule has 1 N–H and O–H groups in total. The van der Waals surface area contributed by atoms with Crippen molar-refractivity contribution in [3.8, 4) is 0 Å². The third-order valence-electron chi connectivity index (χ3n) is 6.43. The second-order valence-corrected chi connectivity index (χ2v) is 8.55. The Morgan fingerprint density at radius 1 is 1.10 bits per heavy atom. The number of likely N-dealkylation sites (tertiary alicyclic amines) is 1. The van der Waals surface area contributed by atoms with Crippen LogP contribution in [0.25, 0.3) is 0 Å². The number of nitrogens with one attached hydrogen (secondary N) is 1. The van der Waals surface area contributed by atoms with Crippen molar-refractivity contribution in [1.82, 2.24) is 14.7 Å². The van der Waals surface area contributed by atoms with Crippen LogP contribution < -0.4 is 5.32 Å². The molecule has 0 spiro atoms. The fourth-order valence-electron chi connectivity index (χ4n) is 4.82. The molecular formula is C22H29FN4O3. The highest BCUT2D eigenvalue weighted by Gasteiger charge is 2.40. The molecule has 8 heteroatoms. The van der Waals surface area contributed by atoms with E-state index in [1.54, 1.807) is 12.1 Å². The van der Waals surface area contributed by atoms with Gasteiger partial charge >= 0.3 is 0 Å². The van der Waals surface area contributed by atoms with Gasteiger partial charge in [0.2, 0.25) is 17.7 Å². The number of carbonyl (C=O) groups excluding carboxylic acids is 3. The molecule has 0 aromatic heterocycles. The number of benzene rings is 1. The van der Waals surface area contributed by atoms with Crippen LogP contribution in [0.4, 0.5) is 10.1 Å². The van der Waals surface area contributed by atoms with Gasteiger partial charge in [-0.1, -0.05) is 18.9 Å². The summed E-state index contributed by atoms with van der Waals surface area (Å²) in [5, 5.41) is 2.70. The maximum atomic E-state index is 13.2. The lowest BCUT2D eigenvalue weighted by Gasteiger charge is -2.35. The Morgan fingerprint density at radius 3 is 2.53 bits per heavy atom. The van der Waals surface area contributed by atoms with Crippen molar-refractivity contribution in [2.24, 2.45) is 5.92 Å². The van der Waals surface area contributed by atoms with Crippen LogP contribution in [-0.2, 0) is 14.4 Å². The van der Waals surface area contributed by atoms with Crippen LogP contribution >= 0.6 is 0 Å². The number of amides is 3. The molecule has 1 unspecified atom stereocenters. The largest absolute Gasteiger partial charge is 0.340 e. The Balaban J connectivity index is 1.22. The molecule has 3 aliphatic rings. The Hall–Kier alpha value is -2.48. The van der Waals surface area contributed by atoms with Gasteiger partial charge in [-0.25, -0.2) is 4.39 Å². The lowest BCUT2D eigenvalue weighted by Crippen LogP contribution is -2.52. The molecule has 7 nitrogen and oxygen atoms in total. The van der Waals surface area contributed by atoms with Crippen LogP contribution in [0.5, 0.6) is 0 Å². The van der Waals surface area contributed by atoms with Gasteiger partial charge in [0.05, 0.1) is 12.5 Å². The van der Waals surface area contributed by atoms with Crippen molar-refractivity contribution in [3.05, 3.63) is 30.1 Å². The van der Waals surface area contributed by atoms with E-state index in [0.717, 1.165) is 12.8 Å². The van der Waals surface area contributed by atoms with Crippen LogP contribution in [0.1, 0.15) is 32.1 Å². The molecule has 2 heterocycles. The zero-order valence-electron chi connectivity index (χ0n) is 17.2. The molecule has 1 aromatic carbocycles. The predicted molar refractivity (Wildman–Crippen MR) is 110 cm³/mol. The van der Waals surface area contributed by atoms with Crippen LogP contribution in [0.2, 0.25) is 0 Å². The molecule has 1 aliphatic carbocycles. The standard InChI is InChI=1S/C22H29FN4O3/c23-17-4-3-5-18(13-17)24-20(28)15-25-8-10-26(11-9-25)22(30)16-12-21(29)27(14-16)19-6-1-2-7-19/h3-5,13,16,19H,1-2,6-12,14-15H2,(H,24,28). The normalized spacial score (nSPS) is 23.2. The number of rotatable bonds is 5. The average Bonchev–Trinajstić information content (AvgIpc) is 3.37. The third-order valence-corrected chi connectivity index (χ3v) is 6.43. The third kappa shape index (κ3) is 4.80. The maximum Gasteiger partial charge on any atom is 0.238 e. The number of nitrogens with zero attached hydrogens (tertiary/aromatic N) is 3. The van der Waals surface area contributed by atoms with E-state index in [4.69, 9.17) is 0 Å². The van der Waals surface area contributed by atoms with E-state index >= 15 is 0 Å². The van der Waals surface area contributed by atoms with Crippen LogP contribution in [-0.4, -0.2) is 77.7 Å². The number of hydrogen-bond donors (Lipinski definition) is 1. The van der Waals surface area contributed by atoms with Gasteiger partial charge in [0.1, 0.15) is 5.82 Å². The molecule has 1 atom stereocenters. The average molecular weight is 416 g/mol. The lowest BCUT2D eigenvalue weighted by atomic mass is 10.1. The highest BCUT2D eigenvalue weighted by molar-refractivity contribution is 5.92.